The van der Waals surface area contributed by atoms with E-state index < -0.39 is 0 Å². The molecule has 0 spiro atoms. The quantitative estimate of drug-likeness (QED) is 0.533. The molecule has 0 radical (unpaired) electrons. The molecular weight excluding hydrogens is 241 g/mol. The van der Waals surface area contributed by atoms with Crippen molar-refractivity contribution in [3.8, 4) is 5.75 Å². The van der Waals surface area contributed by atoms with Gasteiger partial charge in [0, 0.05) is 17.7 Å². The summed E-state index contributed by atoms with van der Waals surface area (Å²) < 4.78 is 19.0. The van der Waals surface area contributed by atoms with E-state index in [1.165, 1.54) is 6.07 Å². The second kappa shape index (κ2) is 8.70. The second-order valence-electron chi connectivity index (χ2n) is 4.66. The average Bonchev–Trinajstić information content (AvgIpc) is 2.43. The van der Waals surface area contributed by atoms with Crippen LogP contribution in [0, 0.1) is 5.82 Å². The molecule has 1 atom stereocenters. The number of methoxy groups -OCH3 is 1. The maximum Gasteiger partial charge on any atom is 0.131 e. The highest BCUT2D eigenvalue weighted by molar-refractivity contribution is 5.30. The Hall–Kier alpha value is -1.35. The molecule has 0 bridgehead atoms. The molecule has 0 aliphatic rings. The van der Waals surface area contributed by atoms with Crippen LogP contribution in [0.15, 0.2) is 30.9 Å². The molecule has 0 fully saturated rings. The minimum atomic E-state index is -0.204. The van der Waals surface area contributed by atoms with Gasteiger partial charge in [-0.05, 0) is 32.4 Å². The zero-order valence-electron chi connectivity index (χ0n) is 11.9. The molecule has 0 heterocycles. The normalized spacial score (nSPS) is 12.2. The van der Waals surface area contributed by atoms with Gasteiger partial charge in [0.1, 0.15) is 11.6 Å². The average molecular weight is 265 g/mol. The lowest BCUT2D eigenvalue weighted by atomic mass is 9.99. The summed E-state index contributed by atoms with van der Waals surface area (Å²) in [6.45, 7) is 3.71. The van der Waals surface area contributed by atoms with Crippen LogP contribution in [0.5, 0.6) is 5.75 Å². The zero-order chi connectivity index (χ0) is 14.1. The molecule has 0 saturated carbocycles. The van der Waals surface area contributed by atoms with Crippen molar-refractivity contribution in [2.45, 2.75) is 38.1 Å². The number of allylic oxidation sites excluding steroid dienone is 1. The molecule has 1 rings (SSSR count). The molecule has 0 aromatic heterocycles. The number of unbranched alkanes of at least 4 members (excludes halogenated alkanes) is 3. The van der Waals surface area contributed by atoms with Crippen molar-refractivity contribution in [1.29, 1.82) is 0 Å². The lowest BCUT2D eigenvalue weighted by Gasteiger charge is -2.17. The van der Waals surface area contributed by atoms with Gasteiger partial charge in [0.05, 0.1) is 7.11 Å². The molecule has 0 amide bonds. The number of hydrogen-bond donors (Lipinski definition) is 1. The second-order valence-corrected chi connectivity index (χ2v) is 4.66. The van der Waals surface area contributed by atoms with Gasteiger partial charge in [-0.25, -0.2) is 4.39 Å². The van der Waals surface area contributed by atoms with Crippen molar-refractivity contribution >= 4 is 0 Å². The molecule has 1 aromatic rings. The van der Waals surface area contributed by atoms with Crippen LogP contribution in [-0.2, 0) is 0 Å². The van der Waals surface area contributed by atoms with Gasteiger partial charge in [-0.3, -0.25) is 0 Å². The van der Waals surface area contributed by atoms with E-state index >= 15 is 0 Å². The highest BCUT2D eigenvalue weighted by Crippen LogP contribution is 2.25. The fourth-order valence-electron chi connectivity index (χ4n) is 2.19. The molecule has 19 heavy (non-hydrogen) atoms. The van der Waals surface area contributed by atoms with Gasteiger partial charge in [-0.2, -0.15) is 0 Å². The van der Waals surface area contributed by atoms with Crippen LogP contribution in [0.3, 0.4) is 0 Å². The predicted octanol–water partition coefficient (Wildman–Crippen LogP) is 4.23. The Morgan fingerprint density at radius 1 is 1.37 bits per heavy atom. The minimum absolute atomic E-state index is 0.0645. The van der Waals surface area contributed by atoms with Gasteiger partial charge in [0.15, 0.2) is 0 Å². The fraction of sp³-hybridized carbons (Fsp3) is 0.500. The summed E-state index contributed by atoms with van der Waals surface area (Å²) in [5, 5.41) is 3.19. The SMILES string of the molecule is C=CCCCCCC(NC)c1ccc(OC)cc1F. The topological polar surface area (TPSA) is 21.3 Å². The van der Waals surface area contributed by atoms with E-state index in [2.05, 4.69) is 11.9 Å². The molecule has 1 N–H and O–H groups in total. The fourth-order valence-corrected chi connectivity index (χ4v) is 2.19. The summed E-state index contributed by atoms with van der Waals surface area (Å²) in [7, 11) is 3.42. The van der Waals surface area contributed by atoms with E-state index in [1.807, 2.05) is 13.1 Å². The minimum Gasteiger partial charge on any atom is -0.497 e. The molecule has 1 aromatic carbocycles. The summed E-state index contributed by atoms with van der Waals surface area (Å²) in [6, 6.07) is 5.12. The van der Waals surface area contributed by atoms with Gasteiger partial charge in [-0.1, -0.05) is 25.0 Å². The lowest BCUT2D eigenvalue weighted by molar-refractivity contribution is 0.408. The van der Waals surface area contributed by atoms with E-state index in [0.717, 1.165) is 32.1 Å². The van der Waals surface area contributed by atoms with E-state index in [4.69, 9.17) is 4.74 Å². The first-order chi connectivity index (χ1) is 9.22. The van der Waals surface area contributed by atoms with Crippen LogP contribution >= 0.6 is 0 Å². The van der Waals surface area contributed by atoms with E-state index in [1.54, 1.807) is 19.2 Å². The first-order valence-corrected chi connectivity index (χ1v) is 6.84. The lowest BCUT2D eigenvalue weighted by Crippen LogP contribution is -2.17. The number of hydrogen-bond acceptors (Lipinski definition) is 2. The molecular formula is C16H24FNO. The maximum absolute atomic E-state index is 14.0. The summed E-state index contributed by atoms with van der Waals surface area (Å²) >= 11 is 0. The summed E-state index contributed by atoms with van der Waals surface area (Å²) in [5.74, 6) is 0.354. The molecule has 0 aliphatic carbocycles. The number of benzene rings is 1. The van der Waals surface area contributed by atoms with Crippen LogP contribution < -0.4 is 10.1 Å². The van der Waals surface area contributed by atoms with E-state index in [-0.39, 0.29) is 11.9 Å². The molecule has 106 valence electrons. The number of ether oxygens (including phenoxy) is 1. The summed E-state index contributed by atoms with van der Waals surface area (Å²) in [5.41, 5.74) is 0.715. The Morgan fingerprint density at radius 3 is 2.74 bits per heavy atom. The van der Waals surface area contributed by atoms with Crippen molar-refractivity contribution in [2.75, 3.05) is 14.2 Å². The molecule has 0 aliphatic heterocycles. The Balaban J connectivity index is 2.56. The van der Waals surface area contributed by atoms with Gasteiger partial charge in [-0.15, -0.1) is 6.58 Å². The van der Waals surface area contributed by atoms with Crippen LogP contribution in [-0.4, -0.2) is 14.2 Å². The van der Waals surface area contributed by atoms with Crippen LogP contribution in [0.25, 0.3) is 0 Å². The van der Waals surface area contributed by atoms with Crippen molar-refractivity contribution < 1.29 is 9.13 Å². The van der Waals surface area contributed by atoms with Gasteiger partial charge >= 0.3 is 0 Å². The Labute approximate surface area is 115 Å². The standard InChI is InChI=1S/C16H24FNO/c1-4-5-6-7-8-9-16(18-2)14-11-10-13(19-3)12-15(14)17/h4,10-12,16,18H,1,5-9H2,2-3H3. The van der Waals surface area contributed by atoms with E-state index in [9.17, 15) is 4.39 Å². The Bertz CT molecular complexity index is 392. The van der Waals surface area contributed by atoms with Crippen molar-refractivity contribution in [3.05, 3.63) is 42.2 Å². The molecule has 0 saturated heterocycles. The van der Waals surface area contributed by atoms with Crippen molar-refractivity contribution in [1.82, 2.24) is 5.32 Å². The first-order valence-electron chi connectivity index (χ1n) is 6.84. The van der Waals surface area contributed by atoms with Crippen LogP contribution in [0.1, 0.15) is 43.7 Å². The number of halogens is 1. The molecule has 1 unspecified atom stereocenters. The van der Waals surface area contributed by atoms with Gasteiger partial charge in [0.25, 0.3) is 0 Å². The van der Waals surface area contributed by atoms with Crippen molar-refractivity contribution in [3.63, 3.8) is 0 Å². The van der Waals surface area contributed by atoms with Gasteiger partial charge < -0.3 is 10.1 Å². The first kappa shape index (κ1) is 15.7. The highest BCUT2D eigenvalue weighted by atomic mass is 19.1. The van der Waals surface area contributed by atoms with Crippen LogP contribution in [0.2, 0.25) is 0 Å². The monoisotopic (exact) mass is 265 g/mol. The van der Waals surface area contributed by atoms with Crippen molar-refractivity contribution in [2.24, 2.45) is 0 Å². The van der Waals surface area contributed by atoms with Crippen LogP contribution in [0.4, 0.5) is 4.39 Å². The smallest absolute Gasteiger partial charge is 0.131 e. The third kappa shape index (κ3) is 5.03. The largest absolute Gasteiger partial charge is 0.497 e. The number of rotatable bonds is 9. The number of nitrogens with one attached hydrogen (secondary N) is 1. The predicted molar refractivity (Wildman–Crippen MR) is 78.0 cm³/mol. The Morgan fingerprint density at radius 2 is 2.16 bits per heavy atom. The van der Waals surface area contributed by atoms with Gasteiger partial charge in [0.2, 0.25) is 0 Å². The summed E-state index contributed by atoms with van der Waals surface area (Å²) in [4.78, 5) is 0. The summed E-state index contributed by atoms with van der Waals surface area (Å²) in [6.07, 6.45) is 7.34. The third-order valence-corrected chi connectivity index (χ3v) is 3.33. The Kier molecular flexibility index (Phi) is 7.19. The maximum atomic E-state index is 14.0. The molecule has 3 heteroatoms. The van der Waals surface area contributed by atoms with E-state index in [0.29, 0.717) is 11.3 Å². The zero-order valence-corrected chi connectivity index (χ0v) is 11.9. The third-order valence-electron chi connectivity index (χ3n) is 3.33. The highest BCUT2D eigenvalue weighted by Gasteiger charge is 2.14. The molecule has 2 nitrogen and oxygen atoms in total.